The van der Waals surface area contributed by atoms with E-state index in [4.69, 9.17) is 0 Å². The molecule has 168 valence electrons. The Morgan fingerprint density at radius 3 is 1.51 bits per heavy atom. The molecule has 0 amide bonds. The Morgan fingerprint density at radius 2 is 1.03 bits per heavy atom. The van der Waals surface area contributed by atoms with E-state index < -0.39 is 0 Å². The van der Waals surface area contributed by atoms with Crippen molar-refractivity contribution in [2.75, 3.05) is 4.90 Å². The van der Waals surface area contributed by atoms with Crippen LogP contribution in [0.2, 0.25) is 0 Å². The van der Waals surface area contributed by atoms with Crippen molar-refractivity contribution in [1.29, 1.82) is 0 Å². The van der Waals surface area contributed by atoms with Gasteiger partial charge in [-0.15, -0.1) is 0 Å². The lowest BCUT2D eigenvalue weighted by Crippen LogP contribution is -2.28. The molecule has 3 nitrogen and oxygen atoms in total. The lowest BCUT2D eigenvalue weighted by Gasteiger charge is -2.25. The third-order valence-corrected chi connectivity index (χ3v) is 6.59. The number of carbonyl (C=O) groups is 2. The Bertz CT molecular complexity index is 1500. The van der Waals surface area contributed by atoms with E-state index in [2.05, 4.69) is 41.3 Å². The van der Waals surface area contributed by atoms with Gasteiger partial charge in [0.05, 0.1) is 5.57 Å². The SMILES string of the molecule is O=C1C(=Cc2ccc(N(c3ccccc3)c3ccccc3)cc2)C(=O)c2cc3c(cc21)=CCCC=3. The third-order valence-electron chi connectivity index (χ3n) is 6.59. The minimum atomic E-state index is -0.189. The van der Waals surface area contributed by atoms with Crippen LogP contribution in [0, 0.1) is 0 Å². The molecule has 0 spiro atoms. The summed E-state index contributed by atoms with van der Waals surface area (Å²) in [5.41, 5.74) is 5.19. The number of ketones is 2. The zero-order chi connectivity index (χ0) is 23.8. The predicted octanol–water partition coefficient (Wildman–Crippen LogP) is 5.97. The molecule has 35 heavy (non-hydrogen) atoms. The number of carbonyl (C=O) groups excluding carboxylic acids is 2. The van der Waals surface area contributed by atoms with E-state index in [9.17, 15) is 9.59 Å². The molecule has 0 aromatic heterocycles. The number of nitrogens with zero attached hydrogens (tertiary/aromatic N) is 1. The van der Waals surface area contributed by atoms with Gasteiger partial charge in [0.25, 0.3) is 0 Å². The molecule has 4 aromatic rings. The fourth-order valence-corrected chi connectivity index (χ4v) is 4.85. The van der Waals surface area contributed by atoms with Crippen molar-refractivity contribution in [2.45, 2.75) is 12.8 Å². The van der Waals surface area contributed by atoms with Crippen molar-refractivity contribution in [2.24, 2.45) is 0 Å². The van der Waals surface area contributed by atoms with Gasteiger partial charge in [-0.3, -0.25) is 9.59 Å². The van der Waals surface area contributed by atoms with Gasteiger partial charge in [-0.25, -0.2) is 0 Å². The second kappa shape index (κ2) is 8.69. The summed E-state index contributed by atoms with van der Waals surface area (Å²) in [5.74, 6) is -0.378. The lowest BCUT2D eigenvalue weighted by molar-refractivity contribution is 0.0990. The number of anilines is 3. The van der Waals surface area contributed by atoms with Crippen LogP contribution in [-0.2, 0) is 0 Å². The molecule has 2 aliphatic rings. The molecule has 4 aromatic carbocycles. The van der Waals surface area contributed by atoms with Crippen molar-refractivity contribution >= 4 is 46.9 Å². The topological polar surface area (TPSA) is 37.4 Å². The van der Waals surface area contributed by atoms with Crippen LogP contribution in [0.25, 0.3) is 18.2 Å². The Hall–Kier alpha value is -4.50. The van der Waals surface area contributed by atoms with Gasteiger partial charge < -0.3 is 4.90 Å². The molecule has 2 aliphatic carbocycles. The van der Waals surface area contributed by atoms with E-state index in [0.717, 1.165) is 45.9 Å². The standard InChI is InChI=1S/C32H23NO2/c34-31-28-20-23-9-7-8-10-24(23)21-29(28)32(35)30(31)19-22-15-17-27(18-16-22)33(25-11-3-1-4-12-25)26-13-5-2-6-14-26/h1-6,9-21H,7-8H2. The minimum Gasteiger partial charge on any atom is -0.311 e. The van der Waals surface area contributed by atoms with Gasteiger partial charge in [0.15, 0.2) is 11.6 Å². The smallest absolute Gasteiger partial charge is 0.197 e. The summed E-state index contributed by atoms with van der Waals surface area (Å²) in [6, 6.07) is 32.1. The van der Waals surface area contributed by atoms with Crippen LogP contribution in [0.3, 0.4) is 0 Å². The molecule has 0 aliphatic heterocycles. The van der Waals surface area contributed by atoms with Gasteiger partial charge in [0.1, 0.15) is 0 Å². The van der Waals surface area contributed by atoms with E-state index in [0.29, 0.717) is 11.1 Å². The minimum absolute atomic E-state index is 0.189. The highest BCUT2D eigenvalue weighted by molar-refractivity contribution is 6.41. The largest absolute Gasteiger partial charge is 0.311 e. The molecule has 0 unspecified atom stereocenters. The Labute approximate surface area is 204 Å². The molecule has 0 fully saturated rings. The molecule has 0 heterocycles. The van der Waals surface area contributed by atoms with Gasteiger partial charge in [0, 0.05) is 28.2 Å². The number of para-hydroxylation sites is 2. The fourth-order valence-electron chi connectivity index (χ4n) is 4.85. The maximum absolute atomic E-state index is 13.1. The summed E-state index contributed by atoms with van der Waals surface area (Å²) in [5, 5.41) is 2.09. The molecule has 0 saturated heterocycles. The maximum Gasteiger partial charge on any atom is 0.197 e. The van der Waals surface area contributed by atoms with E-state index in [1.165, 1.54) is 0 Å². The second-order valence-electron chi connectivity index (χ2n) is 8.83. The number of hydrogen-bond donors (Lipinski definition) is 0. The summed E-state index contributed by atoms with van der Waals surface area (Å²) in [4.78, 5) is 28.4. The molecule has 3 heteroatoms. The summed E-state index contributed by atoms with van der Waals surface area (Å²) in [6.07, 6.45) is 7.92. The number of hydrogen-bond acceptors (Lipinski definition) is 3. The first-order valence-electron chi connectivity index (χ1n) is 11.8. The summed E-state index contributed by atoms with van der Waals surface area (Å²) in [6.45, 7) is 0. The number of allylic oxidation sites excluding steroid dienone is 1. The van der Waals surface area contributed by atoms with Crippen LogP contribution in [-0.4, -0.2) is 11.6 Å². The zero-order valence-electron chi connectivity index (χ0n) is 19.1. The van der Waals surface area contributed by atoms with E-state index in [1.54, 1.807) is 6.08 Å². The van der Waals surface area contributed by atoms with E-state index in [-0.39, 0.29) is 17.1 Å². The van der Waals surface area contributed by atoms with E-state index >= 15 is 0 Å². The van der Waals surface area contributed by atoms with Crippen LogP contribution >= 0.6 is 0 Å². The quantitative estimate of drug-likeness (QED) is 0.282. The Balaban J connectivity index is 1.36. The molecular formula is C32H23NO2. The molecule has 0 atom stereocenters. The van der Waals surface area contributed by atoms with Crippen LogP contribution in [0.1, 0.15) is 39.1 Å². The van der Waals surface area contributed by atoms with Crippen molar-refractivity contribution in [1.82, 2.24) is 0 Å². The number of rotatable bonds is 4. The van der Waals surface area contributed by atoms with Crippen LogP contribution in [0.4, 0.5) is 17.1 Å². The lowest BCUT2D eigenvalue weighted by atomic mass is 10.0. The van der Waals surface area contributed by atoms with Crippen molar-refractivity contribution in [3.63, 3.8) is 0 Å². The normalized spacial score (nSPS) is 14.0. The number of fused-ring (bicyclic) bond motifs is 2. The first-order chi connectivity index (χ1) is 17.2. The molecular weight excluding hydrogens is 430 g/mol. The van der Waals surface area contributed by atoms with Gasteiger partial charge in [-0.1, -0.05) is 60.7 Å². The number of benzene rings is 4. The average Bonchev–Trinajstić information content (AvgIpc) is 3.14. The highest BCUT2D eigenvalue weighted by atomic mass is 16.2. The van der Waals surface area contributed by atoms with Crippen LogP contribution < -0.4 is 15.3 Å². The van der Waals surface area contributed by atoms with Gasteiger partial charge in [-0.2, -0.15) is 0 Å². The highest BCUT2D eigenvalue weighted by Crippen LogP contribution is 2.34. The summed E-state index contributed by atoms with van der Waals surface area (Å²) < 4.78 is 0. The second-order valence-corrected chi connectivity index (χ2v) is 8.83. The first kappa shape index (κ1) is 21.1. The number of Topliss-reactive ketones (excluding diaryl/α,β-unsaturated/α-hetero) is 2. The summed E-state index contributed by atoms with van der Waals surface area (Å²) >= 11 is 0. The zero-order valence-corrected chi connectivity index (χ0v) is 19.1. The monoisotopic (exact) mass is 453 g/mol. The van der Waals surface area contributed by atoms with Crippen LogP contribution in [0.5, 0.6) is 0 Å². The maximum atomic E-state index is 13.1. The summed E-state index contributed by atoms with van der Waals surface area (Å²) in [7, 11) is 0. The average molecular weight is 454 g/mol. The first-order valence-corrected chi connectivity index (χ1v) is 11.8. The van der Waals surface area contributed by atoms with Gasteiger partial charge in [-0.05, 0) is 83.4 Å². The molecule has 0 bridgehead atoms. The van der Waals surface area contributed by atoms with Gasteiger partial charge in [0.2, 0.25) is 0 Å². The van der Waals surface area contributed by atoms with Crippen molar-refractivity contribution < 1.29 is 9.59 Å². The Kier molecular flexibility index (Phi) is 5.23. The molecule has 0 N–H and O–H groups in total. The Morgan fingerprint density at radius 1 is 0.571 bits per heavy atom. The molecule has 6 rings (SSSR count). The van der Waals surface area contributed by atoms with Crippen molar-refractivity contribution in [3.05, 3.63) is 130 Å². The van der Waals surface area contributed by atoms with Crippen molar-refractivity contribution in [3.8, 4) is 0 Å². The van der Waals surface area contributed by atoms with Gasteiger partial charge >= 0.3 is 0 Å². The predicted molar refractivity (Wildman–Crippen MR) is 142 cm³/mol. The molecule has 0 saturated carbocycles. The third kappa shape index (κ3) is 3.81. The fraction of sp³-hybridized carbons (Fsp3) is 0.0625. The van der Waals surface area contributed by atoms with Crippen LogP contribution in [0.15, 0.2) is 103 Å². The van der Waals surface area contributed by atoms with E-state index in [1.807, 2.05) is 72.8 Å². The molecule has 0 radical (unpaired) electrons. The highest BCUT2D eigenvalue weighted by Gasteiger charge is 2.33.